The molecular weight excluding hydrogens is 142 g/mol. The summed E-state index contributed by atoms with van der Waals surface area (Å²) in [5.74, 6) is 0. The van der Waals surface area contributed by atoms with Crippen LogP contribution in [0.2, 0.25) is 0 Å². The first-order valence-electron chi connectivity index (χ1n) is 2.53. The summed E-state index contributed by atoms with van der Waals surface area (Å²) >= 11 is 0. The number of hydrogen-bond acceptors (Lipinski definition) is 1. The molecule has 0 saturated carbocycles. The normalized spacial score (nSPS) is 7.20. The van der Waals surface area contributed by atoms with E-state index in [0.717, 1.165) is 0 Å². The lowest BCUT2D eigenvalue weighted by molar-refractivity contribution is 1.48. The Labute approximate surface area is 63.3 Å². The van der Waals surface area contributed by atoms with Gasteiger partial charge in [0.2, 0.25) is 0 Å². The fourth-order valence-corrected chi connectivity index (χ4v) is 0.546. The molecule has 0 saturated heterocycles. The molecule has 0 aromatic heterocycles. The van der Waals surface area contributed by atoms with Crippen LogP contribution in [0.4, 0.5) is 5.69 Å². The second-order valence-corrected chi connectivity index (χ2v) is 1.52. The summed E-state index contributed by atoms with van der Waals surface area (Å²) < 4.78 is 0. The summed E-state index contributed by atoms with van der Waals surface area (Å²) in [4.78, 5) is 2.63. The summed E-state index contributed by atoms with van der Waals surface area (Å²) in [5.41, 5.74) is 8.63. The maximum absolute atomic E-state index is 7.98. The van der Waals surface area contributed by atoms with Crippen LogP contribution in [0.3, 0.4) is 0 Å². The quantitative estimate of drug-likeness (QED) is 0.250. The highest BCUT2D eigenvalue weighted by Crippen LogP contribution is 2.08. The molecule has 10 heavy (non-hydrogen) atoms. The Morgan fingerprint density at radius 1 is 1.20 bits per heavy atom. The number of hydrogen-bond donors (Lipinski definition) is 0. The zero-order chi connectivity index (χ0) is 6.53. The molecule has 0 aliphatic rings. The van der Waals surface area contributed by atoms with E-state index in [1.807, 2.05) is 18.2 Å². The summed E-state index contributed by atoms with van der Waals surface area (Å²) in [6, 6.07) is 9.02. The third kappa shape index (κ3) is 2.35. The van der Waals surface area contributed by atoms with Gasteiger partial charge in [0.1, 0.15) is 0 Å². The van der Waals surface area contributed by atoms with E-state index in [4.69, 9.17) is 5.53 Å². The molecule has 0 atom stereocenters. The van der Waals surface area contributed by atoms with Crippen molar-refractivity contribution in [3.05, 3.63) is 40.8 Å². The van der Waals surface area contributed by atoms with E-state index in [-0.39, 0.29) is 11.0 Å². The van der Waals surface area contributed by atoms with Gasteiger partial charge in [-0.1, -0.05) is 35.4 Å². The number of azide groups is 1. The average molecular weight is 151 g/mol. The van der Waals surface area contributed by atoms with Crippen LogP contribution in [-0.2, 0) is 0 Å². The molecule has 0 aliphatic carbocycles. The standard InChI is InChI=1S/C6H5N3.H4Si/c7-9-8-6-4-2-1-3-5-6;/h1-5H;1H4. The molecule has 4 heteroatoms. The van der Waals surface area contributed by atoms with E-state index in [1.54, 1.807) is 12.1 Å². The maximum atomic E-state index is 7.98. The lowest BCUT2D eigenvalue weighted by Gasteiger charge is -1.83. The van der Waals surface area contributed by atoms with Gasteiger partial charge in [-0.25, -0.2) is 0 Å². The molecular formula is C6H9N3Si. The minimum atomic E-state index is 0. The monoisotopic (exact) mass is 151 g/mol. The van der Waals surface area contributed by atoms with Gasteiger partial charge in [-0.05, 0) is 16.5 Å². The number of rotatable bonds is 1. The topological polar surface area (TPSA) is 48.8 Å². The minimum Gasteiger partial charge on any atom is -0.0622 e. The van der Waals surface area contributed by atoms with Crippen molar-refractivity contribution in [2.45, 2.75) is 0 Å². The maximum Gasteiger partial charge on any atom is 0.0375 e. The molecule has 0 aliphatic heterocycles. The molecule has 0 heterocycles. The predicted molar refractivity (Wildman–Crippen MR) is 46.6 cm³/mol. The predicted octanol–water partition coefficient (Wildman–Crippen LogP) is 1.18. The average Bonchev–Trinajstić information content (AvgIpc) is 1.91. The first-order valence-corrected chi connectivity index (χ1v) is 2.53. The highest BCUT2D eigenvalue weighted by Gasteiger charge is 1.78. The van der Waals surface area contributed by atoms with Gasteiger partial charge in [0.15, 0.2) is 0 Å². The smallest absolute Gasteiger partial charge is 0.0375 e. The molecule has 0 N–H and O–H groups in total. The summed E-state index contributed by atoms with van der Waals surface area (Å²) in [6.07, 6.45) is 0. The van der Waals surface area contributed by atoms with E-state index in [1.165, 1.54) is 0 Å². The van der Waals surface area contributed by atoms with Crippen LogP contribution in [0.15, 0.2) is 35.4 Å². The number of nitrogens with zero attached hydrogens (tertiary/aromatic N) is 3. The SMILES string of the molecule is [N-]=[N+]=Nc1ccccc1.[SiH4]. The van der Waals surface area contributed by atoms with Crippen molar-refractivity contribution in [1.29, 1.82) is 0 Å². The van der Waals surface area contributed by atoms with E-state index in [2.05, 4.69) is 10.0 Å². The molecule has 3 nitrogen and oxygen atoms in total. The molecule has 1 aromatic rings. The molecule has 0 unspecified atom stereocenters. The second-order valence-electron chi connectivity index (χ2n) is 1.52. The van der Waals surface area contributed by atoms with Crippen molar-refractivity contribution in [2.75, 3.05) is 0 Å². The van der Waals surface area contributed by atoms with Crippen molar-refractivity contribution in [2.24, 2.45) is 5.11 Å². The van der Waals surface area contributed by atoms with Crippen molar-refractivity contribution < 1.29 is 0 Å². The zero-order valence-corrected chi connectivity index (χ0v) is 4.73. The molecule has 1 aromatic carbocycles. The van der Waals surface area contributed by atoms with Gasteiger partial charge in [-0.3, -0.25) is 0 Å². The Morgan fingerprint density at radius 3 is 2.30 bits per heavy atom. The lowest BCUT2D eigenvalue weighted by Crippen LogP contribution is -1.56. The Bertz CT molecular complexity index is 228. The molecule has 0 spiro atoms. The van der Waals surface area contributed by atoms with Gasteiger partial charge < -0.3 is 0 Å². The molecule has 0 radical (unpaired) electrons. The van der Waals surface area contributed by atoms with Gasteiger partial charge >= 0.3 is 0 Å². The van der Waals surface area contributed by atoms with Crippen molar-refractivity contribution in [3.8, 4) is 0 Å². The zero-order valence-electron chi connectivity index (χ0n) is 4.73. The summed E-state index contributed by atoms with van der Waals surface area (Å²) in [6.45, 7) is 0. The highest BCUT2D eigenvalue weighted by molar-refractivity contribution is 5.75. The minimum absolute atomic E-state index is 0. The van der Waals surface area contributed by atoms with Crippen LogP contribution in [0.25, 0.3) is 10.4 Å². The third-order valence-electron chi connectivity index (χ3n) is 0.916. The first kappa shape index (κ1) is 8.75. The molecule has 0 fully saturated rings. The van der Waals surface area contributed by atoms with Crippen LogP contribution in [-0.4, -0.2) is 11.0 Å². The Hall–Kier alpha value is -1.25. The van der Waals surface area contributed by atoms with Gasteiger partial charge in [0.05, 0.1) is 0 Å². The number of benzene rings is 1. The van der Waals surface area contributed by atoms with E-state index in [0.29, 0.717) is 5.69 Å². The van der Waals surface area contributed by atoms with E-state index >= 15 is 0 Å². The van der Waals surface area contributed by atoms with Crippen LogP contribution < -0.4 is 0 Å². The highest BCUT2D eigenvalue weighted by atomic mass is 28.1. The second kappa shape index (κ2) is 4.61. The van der Waals surface area contributed by atoms with E-state index in [9.17, 15) is 0 Å². The van der Waals surface area contributed by atoms with Crippen molar-refractivity contribution in [3.63, 3.8) is 0 Å². The lowest BCUT2D eigenvalue weighted by atomic mass is 10.3. The molecule has 0 amide bonds. The van der Waals surface area contributed by atoms with Gasteiger partial charge in [0.25, 0.3) is 0 Å². The van der Waals surface area contributed by atoms with Crippen molar-refractivity contribution in [1.82, 2.24) is 0 Å². The molecule has 1 rings (SSSR count). The summed E-state index contributed by atoms with van der Waals surface area (Å²) in [7, 11) is 0. The fraction of sp³-hybridized carbons (Fsp3) is 0. The molecule has 0 bridgehead atoms. The van der Waals surface area contributed by atoms with Crippen LogP contribution >= 0.6 is 0 Å². The van der Waals surface area contributed by atoms with Gasteiger partial charge in [0, 0.05) is 10.6 Å². The summed E-state index contributed by atoms with van der Waals surface area (Å²) in [5, 5.41) is 3.39. The van der Waals surface area contributed by atoms with Crippen LogP contribution in [0.5, 0.6) is 0 Å². The largest absolute Gasteiger partial charge is 0.0622 e. The Balaban J connectivity index is 0.000000810. The third-order valence-corrected chi connectivity index (χ3v) is 0.916. The van der Waals surface area contributed by atoms with Crippen LogP contribution in [0, 0.1) is 0 Å². The van der Waals surface area contributed by atoms with E-state index < -0.39 is 0 Å². The van der Waals surface area contributed by atoms with Crippen LogP contribution in [0.1, 0.15) is 0 Å². The van der Waals surface area contributed by atoms with Gasteiger partial charge in [-0.15, -0.1) is 0 Å². The fourth-order valence-electron chi connectivity index (χ4n) is 0.546. The first-order chi connectivity index (χ1) is 4.43. The van der Waals surface area contributed by atoms with Crippen molar-refractivity contribution >= 4 is 16.7 Å². The van der Waals surface area contributed by atoms with Gasteiger partial charge in [-0.2, -0.15) is 0 Å². The Morgan fingerprint density at radius 2 is 1.80 bits per heavy atom. The molecule has 52 valence electrons. The Kier molecular flexibility index (Phi) is 4.03.